The largest absolute Gasteiger partial charge is 0.299 e. The number of ketones is 1. The third-order valence-corrected chi connectivity index (χ3v) is 2.65. The monoisotopic (exact) mass is 161 g/mol. The molecular formula is C10H11NO. The van der Waals surface area contributed by atoms with Crippen molar-refractivity contribution in [2.75, 3.05) is 0 Å². The van der Waals surface area contributed by atoms with Gasteiger partial charge in [-0.05, 0) is 11.6 Å². The highest BCUT2D eigenvalue weighted by atomic mass is 16.1. The average molecular weight is 161 g/mol. The van der Waals surface area contributed by atoms with Crippen molar-refractivity contribution < 1.29 is 4.79 Å². The fourth-order valence-electron chi connectivity index (χ4n) is 1.65. The van der Waals surface area contributed by atoms with E-state index in [1.54, 1.807) is 6.20 Å². The first kappa shape index (κ1) is 7.47. The van der Waals surface area contributed by atoms with Crippen LogP contribution in [-0.4, -0.2) is 10.8 Å². The zero-order valence-electron chi connectivity index (χ0n) is 7.03. The molecule has 1 heterocycles. The molecule has 0 aromatic carbocycles. The van der Waals surface area contributed by atoms with Gasteiger partial charge in [0, 0.05) is 30.7 Å². The minimum Gasteiger partial charge on any atom is -0.299 e. The van der Waals surface area contributed by atoms with E-state index in [9.17, 15) is 4.79 Å². The first-order chi connectivity index (χ1) is 5.79. The molecule has 1 aliphatic carbocycles. The van der Waals surface area contributed by atoms with Gasteiger partial charge in [-0.25, -0.2) is 0 Å². The lowest BCUT2D eigenvalue weighted by atomic mass is 9.70. The Labute approximate surface area is 71.6 Å². The van der Waals surface area contributed by atoms with Gasteiger partial charge >= 0.3 is 0 Å². The predicted molar refractivity (Wildman–Crippen MR) is 45.8 cm³/mol. The van der Waals surface area contributed by atoms with E-state index < -0.39 is 0 Å². The SMILES string of the molecule is CC1C(=O)CC1c1cccnc1. The second-order valence-corrected chi connectivity index (χ2v) is 3.35. The molecule has 1 fully saturated rings. The van der Waals surface area contributed by atoms with Gasteiger partial charge in [-0.15, -0.1) is 0 Å². The molecule has 2 atom stereocenters. The lowest BCUT2D eigenvalue weighted by Crippen LogP contribution is -2.32. The van der Waals surface area contributed by atoms with Crippen molar-refractivity contribution in [1.29, 1.82) is 0 Å². The summed E-state index contributed by atoms with van der Waals surface area (Å²) in [5, 5.41) is 0. The van der Waals surface area contributed by atoms with Gasteiger partial charge in [0.25, 0.3) is 0 Å². The van der Waals surface area contributed by atoms with Gasteiger partial charge in [-0.1, -0.05) is 13.0 Å². The molecule has 0 radical (unpaired) electrons. The molecule has 0 amide bonds. The van der Waals surface area contributed by atoms with Crippen LogP contribution in [0.3, 0.4) is 0 Å². The number of hydrogen-bond acceptors (Lipinski definition) is 2. The number of pyridine rings is 1. The Hall–Kier alpha value is -1.18. The quantitative estimate of drug-likeness (QED) is 0.628. The van der Waals surface area contributed by atoms with Crippen molar-refractivity contribution in [1.82, 2.24) is 4.98 Å². The standard InChI is InChI=1S/C10H11NO/c1-7-9(5-10(7)12)8-3-2-4-11-6-8/h2-4,6-7,9H,5H2,1H3. The maximum absolute atomic E-state index is 11.0. The Kier molecular flexibility index (Phi) is 1.68. The first-order valence-corrected chi connectivity index (χ1v) is 4.21. The third-order valence-electron chi connectivity index (χ3n) is 2.65. The molecule has 0 N–H and O–H groups in total. The first-order valence-electron chi connectivity index (χ1n) is 4.21. The van der Waals surface area contributed by atoms with Crippen LogP contribution in [-0.2, 0) is 4.79 Å². The minimum atomic E-state index is 0.203. The van der Waals surface area contributed by atoms with Crippen LogP contribution in [0.1, 0.15) is 24.8 Å². The summed E-state index contributed by atoms with van der Waals surface area (Å²) in [7, 11) is 0. The summed E-state index contributed by atoms with van der Waals surface area (Å²) in [4.78, 5) is 15.0. The van der Waals surface area contributed by atoms with Gasteiger partial charge in [0.15, 0.2) is 0 Å². The summed E-state index contributed by atoms with van der Waals surface area (Å²) in [5.41, 5.74) is 1.20. The Morgan fingerprint density at radius 2 is 2.42 bits per heavy atom. The van der Waals surface area contributed by atoms with Gasteiger partial charge in [0.05, 0.1) is 0 Å². The Bertz CT molecular complexity index is 294. The third kappa shape index (κ3) is 1.04. The van der Waals surface area contributed by atoms with E-state index in [-0.39, 0.29) is 5.92 Å². The summed E-state index contributed by atoms with van der Waals surface area (Å²) in [6, 6.07) is 3.96. The Balaban J connectivity index is 2.18. The van der Waals surface area contributed by atoms with E-state index in [1.807, 2.05) is 25.3 Å². The minimum absolute atomic E-state index is 0.203. The number of rotatable bonds is 1. The molecule has 2 heteroatoms. The zero-order chi connectivity index (χ0) is 8.55. The molecule has 0 saturated heterocycles. The van der Waals surface area contributed by atoms with E-state index in [1.165, 1.54) is 5.56 Å². The summed E-state index contributed by atoms with van der Waals surface area (Å²) < 4.78 is 0. The van der Waals surface area contributed by atoms with Gasteiger partial charge in [0.2, 0.25) is 0 Å². The topological polar surface area (TPSA) is 30.0 Å². The van der Waals surface area contributed by atoms with E-state index in [4.69, 9.17) is 0 Å². The van der Waals surface area contributed by atoms with Crippen LogP contribution in [0, 0.1) is 5.92 Å². The summed E-state index contributed by atoms with van der Waals surface area (Å²) in [6.45, 7) is 1.99. The number of carbonyl (C=O) groups excluding carboxylic acids is 1. The average Bonchev–Trinajstić information content (AvgIpc) is 2.15. The number of Topliss-reactive ketones (excluding diaryl/α,β-unsaturated/α-hetero) is 1. The summed E-state index contributed by atoms with van der Waals surface area (Å²) in [5.74, 6) is 1.00. The van der Waals surface area contributed by atoms with Crippen molar-refractivity contribution in [3.8, 4) is 0 Å². The molecule has 2 nitrogen and oxygen atoms in total. The molecule has 0 aliphatic heterocycles. The second-order valence-electron chi connectivity index (χ2n) is 3.35. The molecule has 12 heavy (non-hydrogen) atoms. The van der Waals surface area contributed by atoms with Crippen LogP contribution in [0.4, 0.5) is 0 Å². The molecule has 0 spiro atoms. The normalized spacial score (nSPS) is 28.2. The highest BCUT2D eigenvalue weighted by molar-refractivity contribution is 5.88. The Morgan fingerprint density at radius 3 is 2.92 bits per heavy atom. The van der Waals surface area contributed by atoms with E-state index >= 15 is 0 Å². The molecule has 1 aromatic rings. The lowest BCUT2D eigenvalue weighted by Gasteiger charge is -2.32. The van der Waals surface area contributed by atoms with Gasteiger partial charge in [-0.2, -0.15) is 0 Å². The van der Waals surface area contributed by atoms with Gasteiger partial charge in [-0.3, -0.25) is 9.78 Å². The number of carbonyl (C=O) groups is 1. The molecular weight excluding hydrogens is 150 g/mol. The highest BCUT2D eigenvalue weighted by Gasteiger charge is 2.36. The number of hydrogen-bond donors (Lipinski definition) is 0. The van der Waals surface area contributed by atoms with Crippen LogP contribution in [0.5, 0.6) is 0 Å². The number of nitrogens with zero attached hydrogens (tertiary/aromatic N) is 1. The van der Waals surface area contributed by atoms with Crippen LogP contribution in [0.15, 0.2) is 24.5 Å². The molecule has 2 rings (SSSR count). The fourth-order valence-corrected chi connectivity index (χ4v) is 1.65. The van der Waals surface area contributed by atoms with Crippen molar-refractivity contribution >= 4 is 5.78 Å². The lowest BCUT2D eigenvalue weighted by molar-refractivity contribution is -0.130. The fraction of sp³-hybridized carbons (Fsp3) is 0.400. The van der Waals surface area contributed by atoms with Gasteiger partial charge < -0.3 is 0 Å². The molecule has 1 aromatic heterocycles. The summed E-state index contributed by atoms with van der Waals surface area (Å²) >= 11 is 0. The molecule has 1 aliphatic rings. The molecule has 62 valence electrons. The van der Waals surface area contributed by atoms with Crippen molar-refractivity contribution in [3.63, 3.8) is 0 Å². The van der Waals surface area contributed by atoms with Crippen LogP contribution >= 0.6 is 0 Å². The molecule has 1 saturated carbocycles. The van der Waals surface area contributed by atoms with Crippen molar-refractivity contribution in [3.05, 3.63) is 30.1 Å². The number of aromatic nitrogens is 1. The van der Waals surface area contributed by atoms with Crippen LogP contribution < -0.4 is 0 Å². The van der Waals surface area contributed by atoms with Gasteiger partial charge in [0.1, 0.15) is 5.78 Å². The van der Waals surface area contributed by atoms with Crippen LogP contribution in [0.25, 0.3) is 0 Å². The van der Waals surface area contributed by atoms with E-state index in [0.717, 1.165) is 0 Å². The highest BCUT2D eigenvalue weighted by Crippen LogP contribution is 2.38. The molecule has 2 unspecified atom stereocenters. The van der Waals surface area contributed by atoms with E-state index in [2.05, 4.69) is 4.98 Å². The zero-order valence-corrected chi connectivity index (χ0v) is 7.03. The maximum Gasteiger partial charge on any atom is 0.136 e. The Morgan fingerprint density at radius 1 is 1.58 bits per heavy atom. The maximum atomic E-state index is 11.0. The van der Waals surface area contributed by atoms with Crippen molar-refractivity contribution in [2.24, 2.45) is 5.92 Å². The second kappa shape index (κ2) is 2.70. The predicted octanol–water partition coefficient (Wildman–Crippen LogP) is 1.77. The van der Waals surface area contributed by atoms with Crippen molar-refractivity contribution in [2.45, 2.75) is 19.3 Å². The smallest absolute Gasteiger partial charge is 0.136 e. The molecule has 0 bridgehead atoms. The summed E-state index contributed by atoms with van der Waals surface area (Å²) in [6.07, 6.45) is 4.31. The van der Waals surface area contributed by atoms with Crippen LogP contribution in [0.2, 0.25) is 0 Å². The van der Waals surface area contributed by atoms with E-state index in [0.29, 0.717) is 18.1 Å².